The highest BCUT2D eigenvalue weighted by molar-refractivity contribution is 8.16. The van der Waals surface area contributed by atoms with Gasteiger partial charge in [-0.15, -0.1) is 0 Å². The van der Waals surface area contributed by atoms with E-state index in [1.165, 1.54) is 19.8 Å². The Morgan fingerprint density at radius 2 is 2.15 bits per heavy atom. The van der Waals surface area contributed by atoms with Crippen LogP contribution in [0.4, 0.5) is 13.2 Å². The second-order valence-corrected chi connectivity index (χ2v) is 7.75. The van der Waals surface area contributed by atoms with Crippen LogP contribution >= 0.6 is 11.8 Å². The van der Waals surface area contributed by atoms with Crippen molar-refractivity contribution in [3.63, 3.8) is 0 Å². The van der Waals surface area contributed by atoms with Crippen LogP contribution in [0.3, 0.4) is 0 Å². The Hall–Kier alpha value is -0.720. The van der Waals surface area contributed by atoms with E-state index in [9.17, 15) is 18.0 Å². The molecule has 112 valence electrons. The van der Waals surface area contributed by atoms with Crippen LogP contribution in [0, 0.1) is 11.8 Å². The van der Waals surface area contributed by atoms with Crippen molar-refractivity contribution >= 4 is 22.8 Å². The van der Waals surface area contributed by atoms with Gasteiger partial charge in [0.25, 0.3) is 0 Å². The van der Waals surface area contributed by atoms with Crippen LogP contribution in [0.1, 0.15) is 39.0 Å². The van der Waals surface area contributed by atoms with Crippen LogP contribution in [0.15, 0.2) is 4.99 Å². The van der Waals surface area contributed by atoms with E-state index in [2.05, 4.69) is 10.3 Å². The van der Waals surface area contributed by atoms with Gasteiger partial charge in [0.1, 0.15) is 4.75 Å². The Kier molecular flexibility index (Phi) is 3.30. The molecule has 3 nitrogen and oxygen atoms in total. The SMILES string of the molecule is C[C@@]1(CC(F)(F)F)SC(=N[C@H]2C[C@@H]3CCC2C3)NC1=O. The van der Waals surface area contributed by atoms with Crippen molar-refractivity contribution in [2.45, 2.75) is 56.0 Å². The van der Waals surface area contributed by atoms with Gasteiger partial charge in [-0.05, 0) is 38.0 Å². The van der Waals surface area contributed by atoms with Crippen LogP contribution in [-0.2, 0) is 4.79 Å². The number of hydrogen-bond acceptors (Lipinski definition) is 3. The Morgan fingerprint density at radius 3 is 2.70 bits per heavy atom. The molecule has 0 aromatic heterocycles. The molecular weight excluding hydrogens is 289 g/mol. The fourth-order valence-electron chi connectivity index (χ4n) is 3.59. The largest absolute Gasteiger partial charge is 0.390 e. The highest BCUT2D eigenvalue weighted by atomic mass is 32.2. The zero-order chi connectivity index (χ0) is 14.5. The molecule has 3 fully saturated rings. The van der Waals surface area contributed by atoms with E-state index in [1.54, 1.807) is 0 Å². The van der Waals surface area contributed by atoms with Crippen molar-refractivity contribution < 1.29 is 18.0 Å². The molecule has 0 aromatic carbocycles. The third kappa shape index (κ3) is 2.69. The number of fused-ring (bicyclic) bond motifs is 2. The summed E-state index contributed by atoms with van der Waals surface area (Å²) in [6.45, 7) is 1.34. The van der Waals surface area contributed by atoms with Crippen molar-refractivity contribution in [1.82, 2.24) is 5.32 Å². The summed E-state index contributed by atoms with van der Waals surface area (Å²) in [7, 11) is 0. The van der Waals surface area contributed by atoms with E-state index < -0.39 is 23.3 Å². The van der Waals surface area contributed by atoms with Gasteiger partial charge >= 0.3 is 6.18 Å². The summed E-state index contributed by atoms with van der Waals surface area (Å²) in [5.74, 6) is 0.694. The second-order valence-electron chi connectivity index (χ2n) is 6.26. The number of hydrogen-bond donors (Lipinski definition) is 1. The quantitative estimate of drug-likeness (QED) is 0.851. The molecular formula is C13H17F3N2OS. The Bertz CT molecular complexity index is 465. The van der Waals surface area contributed by atoms with Crippen molar-refractivity contribution in [3.05, 3.63) is 0 Å². The molecule has 1 aliphatic heterocycles. The summed E-state index contributed by atoms with van der Waals surface area (Å²) in [5, 5.41) is 2.90. The summed E-state index contributed by atoms with van der Waals surface area (Å²) >= 11 is 0.932. The third-order valence-electron chi connectivity index (χ3n) is 4.54. The van der Waals surface area contributed by atoms with Gasteiger partial charge in [0.05, 0.1) is 12.5 Å². The van der Waals surface area contributed by atoms with Gasteiger partial charge in [-0.2, -0.15) is 13.2 Å². The number of nitrogens with one attached hydrogen (secondary N) is 1. The van der Waals surface area contributed by atoms with Gasteiger partial charge in [-0.25, -0.2) is 0 Å². The molecule has 2 bridgehead atoms. The summed E-state index contributed by atoms with van der Waals surface area (Å²) in [6, 6.07) is 0.185. The predicted octanol–water partition coefficient (Wildman–Crippen LogP) is 3.11. The lowest BCUT2D eigenvalue weighted by Gasteiger charge is -2.20. The number of rotatable bonds is 2. The monoisotopic (exact) mass is 306 g/mol. The molecule has 1 amide bonds. The maximum absolute atomic E-state index is 12.5. The first-order valence-electron chi connectivity index (χ1n) is 6.90. The molecule has 1 heterocycles. The minimum absolute atomic E-state index is 0.185. The van der Waals surface area contributed by atoms with Crippen molar-refractivity contribution in [2.75, 3.05) is 0 Å². The Labute approximate surface area is 119 Å². The molecule has 1 N–H and O–H groups in total. The van der Waals surface area contributed by atoms with Crippen LogP contribution in [-0.4, -0.2) is 28.0 Å². The maximum atomic E-state index is 12.5. The summed E-state index contributed by atoms with van der Waals surface area (Å²) < 4.78 is 36.2. The molecule has 7 heteroatoms. The molecule has 2 saturated carbocycles. The summed E-state index contributed by atoms with van der Waals surface area (Å²) in [4.78, 5) is 16.3. The highest BCUT2D eigenvalue weighted by Gasteiger charge is 2.50. The average molecular weight is 306 g/mol. The van der Waals surface area contributed by atoms with Crippen LogP contribution in [0.5, 0.6) is 0 Å². The number of carbonyl (C=O) groups excluding carboxylic acids is 1. The van der Waals surface area contributed by atoms with E-state index in [0.29, 0.717) is 11.1 Å². The first-order chi connectivity index (χ1) is 9.25. The molecule has 1 unspecified atom stereocenters. The minimum Gasteiger partial charge on any atom is -0.304 e. The number of alkyl halides is 3. The van der Waals surface area contributed by atoms with Crippen LogP contribution in [0.2, 0.25) is 0 Å². The first-order valence-corrected chi connectivity index (χ1v) is 7.72. The van der Waals surface area contributed by atoms with E-state index in [0.717, 1.165) is 30.5 Å². The molecule has 20 heavy (non-hydrogen) atoms. The molecule has 3 aliphatic rings. The summed E-state index contributed by atoms with van der Waals surface area (Å²) in [6.07, 6.45) is -0.866. The lowest BCUT2D eigenvalue weighted by Crippen LogP contribution is -2.37. The predicted molar refractivity (Wildman–Crippen MR) is 71.5 cm³/mol. The van der Waals surface area contributed by atoms with Gasteiger partial charge in [0, 0.05) is 0 Å². The molecule has 2 aliphatic carbocycles. The van der Waals surface area contributed by atoms with Gasteiger partial charge in [0.15, 0.2) is 5.17 Å². The van der Waals surface area contributed by atoms with Crippen molar-refractivity contribution in [3.8, 4) is 0 Å². The van der Waals surface area contributed by atoms with E-state index in [1.807, 2.05) is 0 Å². The van der Waals surface area contributed by atoms with Crippen LogP contribution < -0.4 is 5.32 Å². The van der Waals surface area contributed by atoms with Crippen molar-refractivity contribution in [2.24, 2.45) is 16.8 Å². The van der Waals surface area contributed by atoms with E-state index >= 15 is 0 Å². The maximum Gasteiger partial charge on any atom is 0.390 e. The van der Waals surface area contributed by atoms with Gasteiger partial charge in [0.2, 0.25) is 5.91 Å². The number of amidine groups is 1. The fraction of sp³-hybridized carbons (Fsp3) is 0.846. The van der Waals surface area contributed by atoms with Gasteiger partial charge in [-0.1, -0.05) is 18.2 Å². The number of thioether (sulfide) groups is 1. The molecule has 3 rings (SSSR count). The zero-order valence-electron chi connectivity index (χ0n) is 11.2. The van der Waals surface area contributed by atoms with Gasteiger partial charge < -0.3 is 5.32 Å². The van der Waals surface area contributed by atoms with Gasteiger partial charge in [-0.3, -0.25) is 9.79 Å². The highest BCUT2D eigenvalue weighted by Crippen LogP contribution is 2.47. The number of carbonyl (C=O) groups is 1. The Morgan fingerprint density at radius 1 is 1.40 bits per heavy atom. The summed E-state index contributed by atoms with van der Waals surface area (Å²) in [5.41, 5.74) is 0. The van der Waals surface area contributed by atoms with Crippen LogP contribution in [0.25, 0.3) is 0 Å². The molecule has 4 atom stereocenters. The number of amides is 1. The molecule has 1 saturated heterocycles. The van der Waals surface area contributed by atoms with E-state index in [-0.39, 0.29) is 6.04 Å². The standard InChI is InChI=1S/C13H17F3N2OS/c1-12(6-13(14,15)16)10(19)18-11(20-12)17-9-5-7-2-3-8(9)4-7/h7-9H,2-6H2,1H3,(H,17,18,19)/t7-,8?,9+,12+/m1/s1. The number of halogens is 3. The molecule has 0 aromatic rings. The molecule has 0 radical (unpaired) electrons. The minimum atomic E-state index is -4.35. The Balaban J connectivity index is 1.70. The van der Waals surface area contributed by atoms with E-state index in [4.69, 9.17) is 0 Å². The third-order valence-corrected chi connectivity index (χ3v) is 5.73. The normalized spacial score (nSPS) is 42.5. The molecule has 0 spiro atoms. The zero-order valence-corrected chi connectivity index (χ0v) is 12.0. The fourth-order valence-corrected chi connectivity index (χ4v) is 4.73. The average Bonchev–Trinajstić information content (AvgIpc) is 2.92. The first kappa shape index (κ1) is 14.2. The lowest BCUT2D eigenvalue weighted by molar-refractivity contribution is -0.148. The number of nitrogens with zero attached hydrogens (tertiary/aromatic N) is 1. The van der Waals surface area contributed by atoms with Crippen molar-refractivity contribution in [1.29, 1.82) is 0 Å². The second kappa shape index (κ2) is 4.64. The number of aliphatic imine (C=N–C) groups is 1. The topological polar surface area (TPSA) is 41.5 Å². The smallest absolute Gasteiger partial charge is 0.304 e. The lowest BCUT2D eigenvalue weighted by atomic mass is 9.96.